The van der Waals surface area contributed by atoms with Gasteiger partial charge < -0.3 is 9.84 Å². The molecule has 0 spiro atoms. The van der Waals surface area contributed by atoms with E-state index in [0.29, 0.717) is 18.6 Å². The van der Waals surface area contributed by atoms with Crippen LogP contribution in [-0.2, 0) is 22.9 Å². The van der Waals surface area contributed by atoms with Gasteiger partial charge >= 0.3 is 0 Å². The topological polar surface area (TPSA) is 75.6 Å². The van der Waals surface area contributed by atoms with Gasteiger partial charge in [0.1, 0.15) is 5.75 Å². The maximum Gasteiger partial charge on any atom is 0.240 e. The average Bonchev–Trinajstić information content (AvgIpc) is 2.60. The van der Waals surface area contributed by atoms with Crippen LogP contribution in [0.15, 0.2) is 47.4 Å². The zero-order valence-electron chi connectivity index (χ0n) is 13.8. The van der Waals surface area contributed by atoms with E-state index in [0.717, 1.165) is 12.0 Å². The summed E-state index contributed by atoms with van der Waals surface area (Å²) in [6.07, 6.45) is 1.66. The number of halogens is 1. The first-order chi connectivity index (χ1) is 11.8. The van der Waals surface area contributed by atoms with E-state index in [1.165, 1.54) is 30.9 Å². The van der Waals surface area contributed by atoms with Gasteiger partial charge in [0.2, 0.25) is 10.0 Å². The number of methoxy groups -OCH3 is 1. The van der Waals surface area contributed by atoms with E-state index in [1.807, 2.05) is 24.3 Å². The molecule has 0 aromatic heterocycles. The van der Waals surface area contributed by atoms with Crippen molar-refractivity contribution in [2.45, 2.75) is 29.8 Å². The molecule has 7 heteroatoms. The normalized spacial score (nSPS) is 20.1. The summed E-state index contributed by atoms with van der Waals surface area (Å²) in [5.41, 5.74) is 1.16. The Morgan fingerprint density at radius 1 is 1.24 bits per heavy atom. The van der Waals surface area contributed by atoms with Crippen LogP contribution in [0.4, 0.5) is 0 Å². The molecule has 2 aromatic rings. The second-order valence-corrected chi connectivity index (χ2v) is 8.46. The van der Waals surface area contributed by atoms with Gasteiger partial charge in [-0.3, -0.25) is 0 Å². The molecule has 0 saturated heterocycles. The first-order valence-electron chi connectivity index (χ1n) is 7.95. The molecule has 2 N–H and O–H groups in total. The molecule has 3 rings (SSSR count). The molecular formula is C18H20ClNO4S. The smallest absolute Gasteiger partial charge is 0.240 e. The van der Waals surface area contributed by atoms with Crippen LogP contribution in [0.3, 0.4) is 0 Å². The van der Waals surface area contributed by atoms with Gasteiger partial charge in [0.05, 0.1) is 22.6 Å². The number of sulfonamides is 1. The SMILES string of the molecule is COc1ccc(S(=O)(=O)NC[C@]2(O)CCc3ccccc3C2)cc1Cl. The van der Waals surface area contributed by atoms with Crippen molar-refractivity contribution >= 4 is 21.6 Å². The molecule has 0 unspecified atom stereocenters. The fourth-order valence-electron chi connectivity index (χ4n) is 3.06. The van der Waals surface area contributed by atoms with Gasteiger partial charge in [0, 0.05) is 13.0 Å². The second-order valence-electron chi connectivity index (χ2n) is 6.29. The van der Waals surface area contributed by atoms with E-state index in [2.05, 4.69) is 4.72 Å². The lowest BCUT2D eigenvalue weighted by molar-refractivity contribution is 0.0317. The molecule has 0 aliphatic heterocycles. The number of benzene rings is 2. The molecule has 0 radical (unpaired) electrons. The van der Waals surface area contributed by atoms with Crippen molar-refractivity contribution in [2.75, 3.05) is 13.7 Å². The Labute approximate surface area is 152 Å². The average molecular weight is 382 g/mol. The molecule has 2 aromatic carbocycles. The largest absolute Gasteiger partial charge is 0.495 e. The predicted octanol–water partition coefficient (Wildman–Crippen LogP) is 2.55. The van der Waals surface area contributed by atoms with E-state index in [9.17, 15) is 13.5 Å². The maximum absolute atomic E-state index is 12.5. The molecule has 0 bridgehead atoms. The lowest BCUT2D eigenvalue weighted by Crippen LogP contribution is -2.46. The van der Waals surface area contributed by atoms with Gasteiger partial charge in [-0.1, -0.05) is 35.9 Å². The zero-order chi connectivity index (χ0) is 18.1. The van der Waals surface area contributed by atoms with Gasteiger partial charge in [-0.05, 0) is 42.2 Å². The van der Waals surface area contributed by atoms with Crippen LogP contribution in [-0.4, -0.2) is 32.8 Å². The highest BCUT2D eigenvalue weighted by atomic mass is 35.5. The molecule has 1 atom stereocenters. The molecule has 5 nitrogen and oxygen atoms in total. The van der Waals surface area contributed by atoms with Crippen molar-refractivity contribution < 1.29 is 18.3 Å². The highest BCUT2D eigenvalue weighted by Crippen LogP contribution is 2.30. The van der Waals surface area contributed by atoms with E-state index in [1.54, 1.807) is 0 Å². The third-order valence-electron chi connectivity index (χ3n) is 4.52. The number of rotatable bonds is 5. The fourth-order valence-corrected chi connectivity index (χ4v) is 4.53. The highest BCUT2D eigenvalue weighted by molar-refractivity contribution is 7.89. The van der Waals surface area contributed by atoms with Crippen LogP contribution in [0.25, 0.3) is 0 Å². The number of nitrogens with one attached hydrogen (secondary N) is 1. The van der Waals surface area contributed by atoms with E-state index in [-0.39, 0.29) is 16.5 Å². The molecule has 0 saturated carbocycles. The Balaban J connectivity index is 1.73. The third kappa shape index (κ3) is 3.98. The summed E-state index contributed by atoms with van der Waals surface area (Å²) >= 11 is 6.00. The van der Waals surface area contributed by atoms with Crippen LogP contribution >= 0.6 is 11.6 Å². The van der Waals surface area contributed by atoms with Crippen molar-refractivity contribution in [2.24, 2.45) is 0 Å². The second kappa shape index (κ2) is 6.96. The van der Waals surface area contributed by atoms with E-state index < -0.39 is 15.6 Å². The van der Waals surface area contributed by atoms with E-state index in [4.69, 9.17) is 16.3 Å². The summed E-state index contributed by atoms with van der Waals surface area (Å²) in [4.78, 5) is 0.0399. The maximum atomic E-state index is 12.5. The van der Waals surface area contributed by atoms with E-state index >= 15 is 0 Å². The molecule has 0 fully saturated rings. The monoisotopic (exact) mass is 381 g/mol. The Hall–Kier alpha value is -1.60. The summed E-state index contributed by atoms with van der Waals surface area (Å²) < 4.78 is 32.5. The van der Waals surface area contributed by atoms with Crippen molar-refractivity contribution in [1.82, 2.24) is 4.72 Å². The summed E-state index contributed by atoms with van der Waals surface area (Å²) in [7, 11) is -2.31. The lowest BCUT2D eigenvalue weighted by Gasteiger charge is -2.33. The Bertz CT molecular complexity index is 884. The first kappa shape index (κ1) is 18.2. The molecule has 25 heavy (non-hydrogen) atoms. The van der Waals surface area contributed by atoms with Gasteiger partial charge in [0.25, 0.3) is 0 Å². The molecule has 1 aliphatic carbocycles. The molecule has 1 aliphatic rings. The van der Waals surface area contributed by atoms with Crippen LogP contribution < -0.4 is 9.46 Å². The standard InChI is InChI=1S/C18H20ClNO4S/c1-24-17-7-6-15(10-16(17)19)25(22,23)20-12-18(21)9-8-13-4-2-3-5-14(13)11-18/h2-7,10,20-21H,8-9,11-12H2,1H3/t18-/m0/s1. The van der Waals surface area contributed by atoms with Crippen LogP contribution in [0.2, 0.25) is 5.02 Å². The number of aryl methyl sites for hydroxylation is 1. The summed E-state index contributed by atoms with van der Waals surface area (Å²) in [5.74, 6) is 0.406. The van der Waals surface area contributed by atoms with Crippen LogP contribution in [0.5, 0.6) is 5.75 Å². The van der Waals surface area contributed by atoms with Crippen molar-refractivity contribution in [3.05, 3.63) is 58.6 Å². The van der Waals surface area contributed by atoms with Crippen molar-refractivity contribution in [3.63, 3.8) is 0 Å². The highest BCUT2D eigenvalue weighted by Gasteiger charge is 2.33. The minimum atomic E-state index is -3.77. The minimum Gasteiger partial charge on any atom is -0.495 e. The molecule has 134 valence electrons. The molecular weight excluding hydrogens is 362 g/mol. The van der Waals surface area contributed by atoms with Crippen molar-refractivity contribution in [1.29, 1.82) is 0 Å². The predicted molar refractivity (Wildman–Crippen MR) is 96.6 cm³/mol. The van der Waals surface area contributed by atoms with Gasteiger partial charge in [0.15, 0.2) is 0 Å². The van der Waals surface area contributed by atoms with Crippen LogP contribution in [0.1, 0.15) is 17.5 Å². The first-order valence-corrected chi connectivity index (χ1v) is 9.81. The molecule has 0 heterocycles. The fraction of sp³-hybridized carbons (Fsp3) is 0.333. The van der Waals surface area contributed by atoms with Crippen molar-refractivity contribution in [3.8, 4) is 5.75 Å². The summed E-state index contributed by atoms with van der Waals surface area (Å²) in [5, 5.41) is 11.0. The Morgan fingerprint density at radius 3 is 2.64 bits per heavy atom. The summed E-state index contributed by atoms with van der Waals surface area (Å²) in [6, 6.07) is 12.2. The Kier molecular flexibility index (Phi) is 5.06. The summed E-state index contributed by atoms with van der Waals surface area (Å²) in [6.45, 7) is -0.0483. The molecule has 0 amide bonds. The van der Waals surface area contributed by atoms with Crippen LogP contribution in [0, 0.1) is 0 Å². The van der Waals surface area contributed by atoms with Gasteiger partial charge in [-0.15, -0.1) is 0 Å². The number of fused-ring (bicyclic) bond motifs is 1. The minimum absolute atomic E-state index is 0.0399. The van der Waals surface area contributed by atoms with Gasteiger partial charge in [-0.25, -0.2) is 13.1 Å². The number of hydrogen-bond acceptors (Lipinski definition) is 4. The Morgan fingerprint density at radius 2 is 1.96 bits per heavy atom. The number of aliphatic hydroxyl groups is 1. The number of ether oxygens (including phenoxy) is 1. The quantitative estimate of drug-likeness (QED) is 0.834. The third-order valence-corrected chi connectivity index (χ3v) is 6.22. The lowest BCUT2D eigenvalue weighted by atomic mass is 9.80. The van der Waals surface area contributed by atoms with Gasteiger partial charge in [-0.2, -0.15) is 0 Å². The number of hydrogen-bond donors (Lipinski definition) is 2. The zero-order valence-corrected chi connectivity index (χ0v) is 15.4.